The van der Waals surface area contributed by atoms with Gasteiger partial charge in [-0.15, -0.1) is 0 Å². The molecule has 80 valence electrons. The number of aryl methyl sites for hydroxylation is 1. The Balaban J connectivity index is 1.91. The third-order valence-corrected chi connectivity index (χ3v) is 2.53. The molecule has 0 aliphatic carbocycles. The number of rotatable bonds is 4. The van der Waals surface area contributed by atoms with Gasteiger partial charge in [-0.25, -0.2) is 0 Å². The molecule has 0 amide bonds. The van der Waals surface area contributed by atoms with Crippen LogP contribution in [0.4, 0.5) is 0 Å². The van der Waals surface area contributed by atoms with Gasteiger partial charge in [-0.3, -0.25) is 9.78 Å². The molecular formula is C10H15N5. The summed E-state index contributed by atoms with van der Waals surface area (Å²) in [6.07, 6.45) is 5.54. The summed E-state index contributed by atoms with van der Waals surface area (Å²) in [7, 11) is 1.94. The van der Waals surface area contributed by atoms with Crippen LogP contribution in [-0.2, 0) is 13.6 Å². The van der Waals surface area contributed by atoms with E-state index in [1.54, 1.807) is 6.20 Å². The van der Waals surface area contributed by atoms with Crippen molar-refractivity contribution in [2.24, 2.45) is 7.05 Å². The Hall–Kier alpha value is -1.62. The van der Waals surface area contributed by atoms with Crippen molar-refractivity contribution in [3.8, 4) is 0 Å². The number of H-pyrrole nitrogens is 1. The van der Waals surface area contributed by atoms with Gasteiger partial charge in [0.1, 0.15) is 0 Å². The summed E-state index contributed by atoms with van der Waals surface area (Å²) in [5.41, 5.74) is 2.34. The van der Waals surface area contributed by atoms with Crippen LogP contribution in [0, 0.1) is 0 Å². The van der Waals surface area contributed by atoms with Gasteiger partial charge < -0.3 is 5.32 Å². The predicted molar refractivity (Wildman–Crippen MR) is 57.1 cm³/mol. The Morgan fingerprint density at radius 3 is 3.07 bits per heavy atom. The number of nitrogens with one attached hydrogen (secondary N) is 2. The van der Waals surface area contributed by atoms with Gasteiger partial charge in [0, 0.05) is 37.6 Å². The molecule has 0 radical (unpaired) electrons. The third-order valence-electron chi connectivity index (χ3n) is 2.53. The molecule has 0 aliphatic heterocycles. The Morgan fingerprint density at radius 2 is 2.47 bits per heavy atom. The highest BCUT2D eigenvalue weighted by molar-refractivity contribution is 5.09. The van der Waals surface area contributed by atoms with Crippen molar-refractivity contribution >= 4 is 0 Å². The molecule has 5 heteroatoms. The minimum Gasteiger partial charge on any atom is -0.304 e. The molecule has 0 saturated heterocycles. The van der Waals surface area contributed by atoms with Crippen LogP contribution >= 0.6 is 0 Å². The van der Waals surface area contributed by atoms with E-state index in [-0.39, 0.29) is 0 Å². The van der Waals surface area contributed by atoms with E-state index in [4.69, 9.17) is 0 Å². The highest BCUT2D eigenvalue weighted by Gasteiger charge is 2.06. The molecule has 2 N–H and O–H groups in total. The lowest BCUT2D eigenvalue weighted by Gasteiger charge is -2.11. The zero-order chi connectivity index (χ0) is 10.7. The normalized spacial score (nSPS) is 12.9. The second kappa shape index (κ2) is 4.27. The Kier molecular flexibility index (Phi) is 2.82. The van der Waals surface area contributed by atoms with Crippen LogP contribution in [0.2, 0.25) is 0 Å². The quantitative estimate of drug-likeness (QED) is 0.782. The molecule has 0 saturated carbocycles. The van der Waals surface area contributed by atoms with Gasteiger partial charge >= 0.3 is 0 Å². The summed E-state index contributed by atoms with van der Waals surface area (Å²) in [6, 6.07) is 2.30. The number of aromatic amines is 1. The second-order valence-corrected chi connectivity index (χ2v) is 3.58. The smallest absolute Gasteiger partial charge is 0.0534 e. The molecule has 0 spiro atoms. The van der Waals surface area contributed by atoms with Crippen LogP contribution in [0.25, 0.3) is 0 Å². The fraction of sp³-hybridized carbons (Fsp3) is 0.400. The standard InChI is InChI=1S/C10H15N5/c1-8(9-5-12-13-6-9)11-7-10-3-4-14-15(10)2/h3-6,8,11H,7H2,1-2H3,(H,12,13). The number of aromatic nitrogens is 4. The largest absolute Gasteiger partial charge is 0.304 e. The topological polar surface area (TPSA) is 58.5 Å². The summed E-state index contributed by atoms with van der Waals surface area (Å²) < 4.78 is 1.87. The number of nitrogens with zero attached hydrogens (tertiary/aromatic N) is 3. The lowest BCUT2D eigenvalue weighted by atomic mass is 10.2. The van der Waals surface area contributed by atoms with Crippen molar-refractivity contribution in [1.82, 2.24) is 25.3 Å². The van der Waals surface area contributed by atoms with E-state index in [1.807, 2.05) is 30.2 Å². The summed E-state index contributed by atoms with van der Waals surface area (Å²) >= 11 is 0. The third kappa shape index (κ3) is 2.24. The molecule has 0 bridgehead atoms. The van der Waals surface area contributed by atoms with Gasteiger partial charge in [-0.2, -0.15) is 10.2 Å². The van der Waals surface area contributed by atoms with Gasteiger partial charge in [0.15, 0.2) is 0 Å². The molecule has 1 atom stereocenters. The lowest BCUT2D eigenvalue weighted by Crippen LogP contribution is -2.19. The molecule has 2 aromatic heterocycles. The molecule has 2 aromatic rings. The van der Waals surface area contributed by atoms with Crippen molar-refractivity contribution in [1.29, 1.82) is 0 Å². The first-order chi connectivity index (χ1) is 7.27. The Labute approximate surface area is 88.5 Å². The lowest BCUT2D eigenvalue weighted by molar-refractivity contribution is 0.548. The van der Waals surface area contributed by atoms with E-state index in [1.165, 1.54) is 5.69 Å². The highest BCUT2D eigenvalue weighted by atomic mass is 15.3. The summed E-state index contributed by atoms with van der Waals surface area (Å²) in [4.78, 5) is 0. The minimum absolute atomic E-state index is 0.290. The molecular weight excluding hydrogens is 190 g/mol. The van der Waals surface area contributed by atoms with Crippen LogP contribution in [0.3, 0.4) is 0 Å². The second-order valence-electron chi connectivity index (χ2n) is 3.58. The molecule has 15 heavy (non-hydrogen) atoms. The Morgan fingerprint density at radius 1 is 1.60 bits per heavy atom. The first-order valence-electron chi connectivity index (χ1n) is 4.96. The SMILES string of the molecule is CC(NCc1ccnn1C)c1cn[nH]c1. The predicted octanol–water partition coefficient (Wildman–Crippen LogP) is 0.994. The minimum atomic E-state index is 0.290. The number of hydrogen-bond donors (Lipinski definition) is 2. The first-order valence-corrected chi connectivity index (χ1v) is 4.96. The van der Waals surface area contributed by atoms with Crippen LogP contribution in [0.5, 0.6) is 0 Å². The van der Waals surface area contributed by atoms with E-state index >= 15 is 0 Å². The van der Waals surface area contributed by atoms with Crippen LogP contribution in [0.1, 0.15) is 24.2 Å². The zero-order valence-corrected chi connectivity index (χ0v) is 8.94. The summed E-state index contributed by atoms with van der Waals surface area (Å²) in [5, 5.41) is 14.3. The van der Waals surface area contributed by atoms with Crippen LogP contribution in [-0.4, -0.2) is 20.0 Å². The van der Waals surface area contributed by atoms with Crippen molar-refractivity contribution in [2.45, 2.75) is 19.5 Å². The van der Waals surface area contributed by atoms with E-state index in [0.717, 1.165) is 12.1 Å². The van der Waals surface area contributed by atoms with E-state index < -0.39 is 0 Å². The maximum absolute atomic E-state index is 4.12. The summed E-state index contributed by atoms with van der Waals surface area (Å²) in [6.45, 7) is 2.92. The van der Waals surface area contributed by atoms with Crippen LogP contribution in [0.15, 0.2) is 24.7 Å². The molecule has 0 aromatic carbocycles. The van der Waals surface area contributed by atoms with Crippen molar-refractivity contribution in [2.75, 3.05) is 0 Å². The molecule has 5 nitrogen and oxygen atoms in total. The fourth-order valence-electron chi connectivity index (χ4n) is 1.45. The Bertz CT molecular complexity index is 403. The van der Waals surface area contributed by atoms with Crippen molar-refractivity contribution in [3.63, 3.8) is 0 Å². The monoisotopic (exact) mass is 205 g/mol. The average molecular weight is 205 g/mol. The molecule has 0 aliphatic rings. The van der Waals surface area contributed by atoms with Gasteiger partial charge in [0.25, 0.3) is 0 Å². The van der Waals surface area contributed by atoms with Crippen molar-refractivity contribution in [3.05, 3.63) is 35.9 Å². The molecule has 2 heterocycles. The maximum Gasteiger partial charge on any atom is 0.0534 e. The average Bonchev–Trinajstić information content (AvgIpc) is 2.85. The maximum atomic E-state index is 4.12. The zero-order valence-electron chi connectivity index (χ0n) is 8.94. The molecule has 2 rings (SSSR count). The summed E-state index contributed by atoms with van der Waals surface area (Å²) in [5.74, 6) is 0. The van der Waals surface area contributed by atoms with Gasteiger partial charge in [0.05, 0.1) is 11.9 Å². The highest BCUT2D eigenvalue weighted by Crippen LogP contribution is 2.09. The van der Waals surface area contributed by atoms with Crippen LogP contribution < -0.4 is 5.32 Å². The number of hydrogen-bond acceptors (Lipinski definition) is 3. The van der Waals surface area contributed by atoms with Gasteiger partial charge in [0.2, 0.25) is 0 Å². The first kappa shape index (κ1) is 9.92. The van der Waals surface area contributed by atoms with E-state index in [9.17, 15) is 0 Å². The van der Waals surface area contributed by atoms with Gasteiger partial charge in [-0.1, -0.05) is 0 Å². The fourth-order valence-corrected chi connectivity index (χ4v) is 1.45. The molecule has 1 unspecified atom stereocenters. The molecule has 0 fully saturated rings. The van der Waals surface area contributed by atoms with E-state index in [0.29, 0.717) is 6.04 Å². The van der Waals surface area contributed by atoms with Crippen molar-refractivity contribution < 1.29 is 0 Å². The van der Waals surface area contributed by atoms with Gasteiger partial charge in [-0.05, 0) is 13.0 Å². The van der Waals surface area contributed by atoms with E-state index in [2.05, 4.69) is 27.5 Å².